The van der Waals surface area contributed by atoms with Crippen LogP contribution in [0.5, 0.6) is 0 Å². The topological polar surface area (TPSA) is 36.4 Å². The summed E-state index contributed by atoms with van der Waals surface area (Å²) in [5.74, 6) is 1.44. The van der Waals surface area contributed by atoms with Crippen molar-refractivity contribution in [3.63, 3.8) is 0 Å². The molecule has 4 heterocycles. The molecular weight excluding hydrogens is 212 g/mol. The van der Waals surface area contributed by atoms with E-state index in [4.69, 9.17) is 0 Å². The molecule has 3 fully saturated rings. The molecule has 3 aliphatic heterocycles. The lowest BCUT2D eigenvalue weighted by Crippen LogP contribution is -2.46. The van der Waals surface area contributed by atoms with Gasteiger partial charge in [0.25, 0.3) is 0 Å². The number of aromatic nitrogens is 1. The quantitative estimate of drug-likeness (QED) is 0.843. The van der Waals surface area contributed by atoms with Gasteiger partial charge in [-0.2, -0.15) is 0 Å². The first kappa shape index (κ1) is 11.2. The molecule has 1 aromatic heterocycles. The van der Waals surface area contributed by atoms with Crippen molar-refractivity contribution in [3.8, 4) is 0 Å². The highest BCUT2D eigenvalue weighted by Crippen LogP contribution is 2.38. The number of piperidine rings is 3. The van der Waals surface area contributed by atoms with Crippen molar-refractivity contribution in [1.29, 1.82) is 0 Å². The van der Waals surface area contributed by atoms with E-state index >= 15 is 0 Å². The van der Waals surface area contributed by atoms with E-state index in [1.807, 2.05) is 6.20 Å². The second kappa shape index (κ2) is 4.39. The molecule has 2 bridgehead atoms. The van der Waals surface area contributed by atoms with Crippen molar-refractivity contribution in [1.82, 2.24) is 9.88 Å². The predicted molar refractivity (Wildman–Crippen MR) is 66.8 cm³/mol. The zero-order valence-electron chi connectivity index (χ0n) is 10.4. The smallest absolute Gasteiger partial charge is 0.0699 e. The Labute approximate surface area is 102 Å². The van der Waals surface area contributed by atoms with Crippen LogP contribution in [-0.4, -0.2) is 34.6 Å². The van der Waals surface area contributed by atoms with Gasteiger partial charge in [0, 0.05) is 24.4 Å². The predicted octanol–water partition coefficient (Wildman–Crippen LogP) is 1.69. The largest absolute Gasteiger partial charge is 0.392 e. The molecule has 1 atom stereocenters. The molecule has 0 spiro atoms. The lowest BCUT2D eigenvalue weighted by atomic mass is 9.77. The summed E-state index contributed by atoms with van der Waals surface area (Å²) in [6.45, 7) is 5.89. The van der Waals surface area contributed by atoms with Crippen LogP contribution < -0.4 is 0 Å². The number of fused-ring (bicyclic) bond motifs is 3. The Balaban J connectivity index is 1.86. The number of hydrogen-bond acceptors (Lipinski definition) is 3. The van der Waals surface area contributed by atoms with Crippen LogP contribution in [0.3, 0.4) is 0 Å². The molecule has 1 N–H and O–H groups in total. The Bertz CT molecular complexity index is 411. The molecule has 3 saturated heterocycles. The molecule has 1 aromatic rings. The van der Waals surface area contributed by atoms with Crippen molar-refractivity contribution in [2.45, 2.75) is 32.3 Å². The lowest BCUT2D eigenvalue weighted by Gasteiger charge is -2.44. The van der Waals surface area contributed by atoms with E-state index in [0.717, 1.165) is 11.5 Å². The van der Waals surface area contributed by atoms with Crippen molar-refractivity contribution < 1.29 is 5.11 Å². The number of aliphatic hydroxyl groups excluding tert-OH is 1. The van der Waals surface area contributed by atoms with Gasteiger partial charge in [0.2, 0.25) is 0 Å². The summed E-state index contributed by atoms with van der Waals surface area (Å²) < 4.78 is 0. The third-order valence-electron chi connectivity index (χ3n) is 4.45. The fourth-order valence-electron chi connectivity index (χ4n) is 3.27. The third-order valence-corrected chi connectivity index (χ3v) is 4.45. The molecule has 92 valence electrons. The zero-order valence-corrected chi connectivity index (χ0v) is 10.4. The molecule has 3 aliphatic rings. The molecule has 3 heteroatoms. The Kier molecular flexibility index (Phi) is 2.89. The van der Waals surface area contributed by atoms with Gasteiger partial charge in [-0.3, -0.25) is 4.98 Å². The molecule has 0 saturated carbocycles. The number of hydrogen-bond donors (Lipinski definition) is 1. The highest BCUT2D eigenvalue weighted by atomic mass is 16.3. The van der Waals surface area contributed by atoms with E-state index in [1.165, 1.54) is 43.7 Å². The summed E-state index contributed by atoms with van der Waals surface area (Å²) in [6, 6.07) is 2.18. The van der Waals surface area contributed by atoms with E-state index in [1.54, 1.807) is 0 Å². The van der Waals surface area contributed by atoms with Gasteiger partial charge in [0.15, 0.2) is 0 Å². The fraction of sp³-hybridized carbons (Fsp3) is 0.643. The van der Waals surface area contributed by atoms with Crippen molar-refractivity contribution >= 4 is 0 Å². The molecular formula is C14H20N2O. The number of nitrogens with zero attached hydrogens (tertiary/aromatic N) is 2. The van der Waals surface area contributed by atoms with Crippen molar-refractivity contribution in [2.75, 3.05) is 19.6 Å². The maximum absolute atomic E-state index is 9.18. The van der Waals surface area contributed by atoms with Gasteiger partial charge in [-0.25, -0.2) is 0 Å². The summed E-state index contributed by atoms with van der Waals surface area (Å²) >= 11 is 0. The second-order valence-corrected chi connectivity index (χ2v) is 5.44. The SMILES string of the molecule is Cc1cc(C2CN3CCC2CC3)ncc1CO. The number of pyridine rings is 1. The van der Waals surface area contributed by atoms with Crippen LogP contribution in [0.2, 0.25) is 0 Å². The summed E-state index contributed by atoms with van der Waals surface area (Å²) in [6.07, 6.45) is 4.50. The molecule has 0 amide bonds. The van der Waals surface area contributed by atoms with Gasteiger partial charge in [-0.05, 0) is 56.0 Å². The first-order chi connectivity index (χ1) is 8.28. The molecule has 17 heavy (non-hydrogen) atoms. The summed E-state index contributed by atoms with van der Waals surface area (Å²) in [5, 5.41) is 9.18. The molecule has 0 aromatic carbocycles. The van der Waals surface area contributed by atoms with Crippen molar-refractivity contribution in [3.05, 3.63) is 29.1 Å². The van der Waals surface area contributed by atoms with Crippen LogP contribution >= 0.6 is 0 Å². The Morgan fingerprint density at radius 3 is 2.71 bits per heavy atom. The summed E-state index contributed by atoms with van der Waals surface area (Å²) in [7, 11) is 0. The maximum atomic E-state index is 9.18. The Hall–Kier alpha value is -0.930. The lowest BCUT2D eigenvalue weighted by molar-refractivity contribution is 0.0854. The Morgan fingerprint density at radius 1 is 1.41 bits per heavy atom. The minimum Gasteiger partial charge on any atom is -0.392 e. The van der Waals surface area contributed by atoms with Crippen LogP contribution in [-0.2, 0) is 6.61 Å². The first-order valence-electron chi connectivity index (χ1n) is 6.56. The van der Waals surface area contributed by atoms with Crippen LogP contribution in [0.15, 0.2) is 12.3 Å². The molecule has 0 aliphatic carbocycles. The highest BCUT2D eigenvalue weighted by Gasteiger charge is 2.35. The van der Waals surface area contributed by atoms with E-state index in [0.29, 0.717) is 5.92 Å². The maximum Gasteiger partial charge on any atom is 0.0699 e. The molecule has 0 radical (unpaired) electrons. The highest BCUT2D eigenvalue weighted by molar-refractivity contribution is 5.27. The number of rotatable bonds is 2. The average Bonchev–Trinajstić information content (AvgIpc) is 2.40. The van der Waals surface area contributed by atoms with Gasteiger partial charge in [-0.15, -0.1) is 0 Å². The minimum absolute atomic E-state index is 0.0966. The van der Waals surface area contributed by atoms with Gasteiger partial charge >= 0.3 is 0 Å². The number of aryl methyl sites for hydroxylation is 1. The van der Waals surface area contributed by atoms with Gasteiger partial charge in [0.1, 0.15) is 0 Å². The standard InChI is InChI=1S/C14H20N2O/c1-10-6-14(15-7-12(10)9-17)13-8-16-4-2-11(13)3-5-16/h6-7,11,13,17H,2-5,8-9H2,1H3. The Morgan fingerprint density at radius 2 is 2.18 bits per heavy atom. The second-order valence-electron chi connectivity index (χ2n) is 5.44. The summed E-state index contributed by atoms with van der Waals surface area (Å²) in [5.41, 5.74) is 3.36. The average molecular weight is 232 g/mol. The van der Waals surface area contributed by atoms with Crippen LogP contribution in [0.4, 0.5) is 0 Å². The van der Waals surface area contributed by atoms with Gasteiger partial charge < -0.3 is 10.0 Å². The normalized spacial score (nSPS) is 31.8. The monoisotopic (exact) mass is 232 g/mol. The van der Waals surface area contributed by atoms with E-state index in [9.17, 15) is 5.11 Å². The van der Waals surface area contributed by atoms with Gasteiger partial charge in [-0.1, -0.05) is 0 Å². The first-order valence-corrected chi connectivity index (χ1v) is 6.56. The fourth-order valence-corrected chi connectivity index (χ4v) is 3.27. The van der Waals surface area contributed by atoms with Gasteiger partial charge in [0.05, 0.1) is 6.61 Å². The molecule has 4 rings (SSSR count). The van der Waals surface area contributed by atoms with Crippen LogP contribution in [0.25, 0.3) is 0 Å². The van der Waals surface area contributed by atoms with E-state index in [-0.39, 0.29) is 6.61 Å². The van der Waals surface area contributed by atoms with Crippen LogP contribution in [0.1, 0.15) is 35.6 Å². The molecule has 3 nitrogen and oxygen atoms in total. The minimum atomic E-state index is 0.0966. The van der Waals surface area contributed by atoms with E-state index in [2.05, 4.69) is 22.9 Å². The number of aliphatic hydroxyl groups is 1. The summed E-state index contributed by atoms with van der Waals surface area (Å²) in [4.78, 5) is 7.12. The zero-order chi connectivity index (χ0) is 11.8. The van der Waals surface area contributed by atoms with Crippen LogP contribution in [0, 0.1) is 12.8 Å². The molecule has 1 unspecified atom stereocenters. The van der Waals surface area contributed by atoms with E-state index < -0.39 is 0 Å². The third kappa shape index (κ3) is 1.98. The van der Waals surface area contributed by atoms with Crippen molar-refractivity contribution in [2.24, 2.45) is 5.92 Å².